The molecule has 0 atom stereocenters. The number of hydrogen-bond donors (Lipinski definition) is 0. The van der Waals surface area contributed by atoms with Gasteiger partial charge in [0.1, 0.15) is 5.60 Å². The zero-order valence-electron chi connectivity index (χ0n) is 12.1. The second-order valence-corrected chi connectivity index (χ2v) is 4.83. The van der Waals surface area contributed by atoms with E-state index in [4.69, 9.17) is 4.74 Å². The normalized spacial score (nSPS) is 12.7. The summed E-state index contributed by atoms with van der Waals surface area (Å²) in [7, 11) is 0. The molecule has 10 heteroatoms. The summed E-state index contributed by atoms with van der Waals surface area (Å²) in [6, 6.07) is 2.71. The van der Waals surface area contributed by atoms with Gasteiger partial charge in [-0.1, -0.05) is 12.1 Å². The highest BCUT2D eigenvalue weighted by molar-refractivity contribution is 5.67. The highest BCUT2D eigenvalue weighted by Gasteiger charge is 2.40. The molecule has 0 radical (unpaired) electrons. The fraction of sp³-hybridized carbons (Fsp3) is 0.462. The SMILES string of the molecule is CC(=O)OC(C)(C)c1cccc(OC(F)(F)F)c1OC(F)(F)F. The van der Waals surface area contributed by atoms with Crippen LogP contribution in [0.15, 0.2) is 18.2 Å². The number of esters is 1. The van der Waals surface area contributed by atoms with E-state index in [0.717, 1.165) is 19.1 Å². The Morgan fingerprint density at radius 2 is 1.48 bits per heavy atom. The first kappa shape index (κ1) is 18.9. The molecule has 1 aromatic rings. The minimum absolute atomic E-state index is 0.438. The lowest BCUT2D eigenvalue weighted by atomic mass is 9.96. The molecular formula is C13H12F6O4. The molecule has 130 valence electrons. The third kappa shape index (κ3) is 5.87. The quantitative estimate of drug-likeness (QED) is 0.603. The number of carbonyl (C=O) groups excluding carboxylic acids is 1. The predicted molar refractivity (Wildman–Crippen MR) is 64.6 cm³/mol. The summed E-state index contributed by atoms with van der Waals surface area (Å²) in [6.07, 6.45) is -10.5. The van der Waals surface area contributed by atoms with E-state index < -0.39 is 41.4 Å². The molecule has 0 aliphatic rings. The number of ether oxygens (including phenoxy) is 3. The molecule has 0 aromatic heterocycles. The van der Waals surface area contributed by atoms with Crippen molar-refractivity contribution in [3.8, 4) is 11.5 Å². The summed E-state index contributed by atoms with van der Waals surface area (Å²) in [4.78, 5) is 11.0. The average molecular weight is 346 g/mol. The average Bonchev–Trinajstić information content (AvgIpc) is 2.25. The molecule has 1 aromatic carbocycles. The van der Waals surface area contributed by atoms with Crippen LogP contribution < -0.4 is 9.47 Å². The van der Waals surface area contributed by atoms with Crippen LogP contribution in [-0.4, -0.2) is 18.7 Å². The van der Waals surface area contributed by atoms with Gasteiger partial charge in [-0.15, -0.1) is 26.3 Å². The van der Waals surface area contributed by atoms with E-state index >= 15 is 0 Å². The third-order valence-corrected chi connectivity index (χ3v) is 2.47. The van der Waals surface area contributed by atoms with Crippen LogP contribution in [0.1, 0.15) is 26.3 Å². The van der Waals surface area contributed by atoms with Crippen molar-refractivity contribution >= 4 is 5.97 Å². The standard InChI is InChI=1S/C13H12F6O4/c1-7(20)21-11(2,3)8-5-4-6-9(22-12(14,15)16)10(8)23-13(17,18)19/h4-6H,1-3H3. The Kier molecular flexibility index (Phi) is 5.07. The molecule has 0 spiro atoms. The van der Waals surface area contributed by atoms with Crippen LogP contribution >= 0.6 is 0 Å². The van der Waals surface area contributed by atoms with Gasteiger partial charge in [-0.3, -0.25) is 4.79 Å². The van der Waals surface area contributed by atoms with Crippen molar-refractivity contribution in [2.24, 2.45) is 0 Å². The third-order valence-electron chi connectivity index (χ3n) is 2.47. The first-order valence-electron chi connectivity index (χ1n) is 6.06. The molecule has 0 aliphatic carbocycles. The second kappa shape index (κ2) is 6.17. The summed E-state index contributed by atoms with van der Waals surface area (Å²) in [5.41, 5.74) is -2.12. The molecule has 4 nitrogen and oxygen atoms in total. The number of benzene rings is 1. The van der Waals surface area contributed by atoms with Gasteiger partial charge in [0.25, 0.3) is 0 Å². The topological polar surface area (TPSA) is 44.8 Å². The Labute approximate surface area is 126 Å². The zero-order valence-corrected chi connectivity index (χ0v) is 12.1. The van der Waals surface area contributed by atoms with E-state index in [1.54, 1.807) is 0 Å². The highest BCUT2D eigenvalue weighted by atomic mass is 19.4. The van der Waals surface area contributed by atoms with Gasteiger partial charge in [0.05, 0.1) is 0 Å². The second-order valence-electron chi connectivity index (χ2n) is 4.83. The van der Waals surface area contributed by atoms with Crippen molar-refractivity contribution in [3.05, 3.63) is 23.8 Å². The molecule has 0 saturated heterocycles. The molecule has 0 unspecified atom stereocenters. The maximum Gasteiger partial charge on any atom is 0.573 e. The first-order valence-corrected chi connectivity index (χ1v) is 6.06. The van der Waals surface area contributed by atoms with Crippen molar-refractivity contribution in [2.75, 3.05) is 0 Å². The van der Waals surface area contributed by atoms with Crippen LogP contribution in [0.3, 0.4) is 0 Å². The summed E-state index contributed by atoms with van der Waals surface area (Å²) in [6.45, 7) is 3.40. The van der Waals surface area contributed by atoms with E-state index in [1.807, 2.05) is 0 Å². The van der Waals surface area contributed by atoms with Crippen LogP contribution in [0.5, 0.6) is 11.5 Å². The van der Waals surface area contributed by atoms with Gasteiger partial charge in [-0.05, 0) is 19.9 Å². The number of hydrogen-bond acceptors (Lipinski definition) is 4. The molecule has 1 rings (SSSR count). The maximum atomic E-state index is 12.5. The smallest absolute Gasteiger partial charge is 0.455 e. The molecule has 0 amide bonds. The molecule has 0 bridgehead atoms. The minimum Gasteiger partial charge on any atom is -0.455 e. The minimum atomic E-state index is -5.27. The Balaban J connectivity index is 3.45. The van der Waals surface area contributed by atoms with Crippen LogP contribution in [0, 0.1) is 0 Å². The van der Waals surface area contributed by atoms with Gasteiger partial charge >= 0.3 is 18.7 Å². The lowest BCUT2D eigenvalue weighted by Crippen LogP contribution is -2.28. The highest BCUT2D eigenvalue weighted by Crippen LogP contribution is 2.43. The van der Waals surface area contributed by atoms with Gasteiger partial charge < -0.3 is 14.2 Å². The Morgan fingerprint density at radius 3 is 1.91 bits per heavy atom. The molecule has 0 fully saturated rings. The van der Waals surface area contributed by atoms with E-state index in [1.165, 1.54) is 13.8 Å². The molecule has 0 saturated carbocycles. The van der Waals surface area contributed by atoms with Gasteiger partial charge in [0, 0.05) is 12.5 Å². The van der Waals surface area contributed by atoms with Crippen molar-refractivity contribution in [3.63, 3.8) is 0 Å². The number of alkyl halides is 6. The molecule has 0 N–H and O–H groups in total. The van der Waals surface area contributed by atoms with Gasteiger partial charge in [-0.2, -0.15) is 0 Å². The van der Waals surface area contributed by atoms with Gasteiger partial charge in [0.2, 0.25) is 0 Å². The maximum absolute atomic E-state index is 12.5. The van der Waals surface area contributed by atoms with Crippen LogP contribution in [0.2, 0.25) is 0 Å². The molecular weight excluding hydrogens is 334 g/mol. The fourth-order valence-corrected chi connectivity index (χ4v) is 1.83. The molecule has 0 aliphatic heterocycles. The van der Waals surface area contributed by atoms with E-state index in [9.17, 15) is 31.1 Å². The van der Waals surface area contributed by atoms with E-state index in [2.05, 4.69) is 9.47 Å². The van der Waals surface area contributed by atoms with Crippen LogP contribution in [-0.2, 0) is 15.1 Å². The summed E-state index contributed by atoms with van der Waals surface area (Å²) < 4.78 is 86.7. The summed E-state index contributed by atoms with van der Waals surface area (Å²) in [5, 5.41) is 0. The predicted octanol–water partition coefficient (Wildman–Crippen LogP) is 4.28. The van der Waals surface area contributed by atoms with Gasteiger partial charge in [0.15, 0.2) is 11.5 Å². The molecule has 23 heavy (non-hydrogen) atoms. The molecule has 0 heterocycles. The number of carbonyl (C=O) groups is 1. The fourth-order valence-electron chi connectivity index (χ4n) is 1.83. The Hall–Kier alpha value is -2.13. The summed E-state index contributed by atoms with van der Waals surface area (Å²) >= 11 is 0. The Morgan fingerprint density at radius 1 is 0.957 bits per heavy atom. The first-order chi connectivity index (χ1) is 10.2. The lowest BCUT2D eigenvalue weighted by Gasteiger charge is -2.28. The van der Waals surface area contributed by atoms with Crippen molar-refractivity contribution in [2.45, 2.75) is 39.1 Å². The van der Waals surface area contributed by atoms with Crippen LogP contribution in [0.4, 0.5) is 26.3 Å². The number of para-hydroxylation sites is 1. The zero-order chi connectivity index (χ0) is 18.1. The monoisotopic (exact) mass is 346 g/mol. The van der Waals surface area contributed by atoms with E-state index in [0.29, 0.717) is 6.07 Å². The lowest BCUT2D eigenvalue weighted by molar-refractivity contribution is -0.287. The van der Waals surface area contributed by atoms with Crippen molar-refractivity contribution in [1.29, 1.82) is 0 Å². The Bertz CT molecular complexity index is 577. The van der Waals surface area contributed by atoms with Crippen LogP contribution in [0.25, 0.3) is 0 Å². The van der Waals surface area contributed by atoms with Crippen molar-refractivity contribution < 1.29 is 45.3 Å². The largest absolute Gasteiger partial charge is 0.573 e. The number of rotatable bonds is 4. The summed E-state index contributed by atoms with van der Waals surface area (Å²) in [5.74, 6) is -3.27. The van der Waals surface area contributed by atoms with Crippen molar-refractivity contribution in [1.82, 2.24) is 0 Å². The van der Waals surface area contributed by atoms with Gasteiger partial charge in [-0.25, -0.2) is 0 Å². The van der Waals surface area contributed by atoms with E-state index in [-0.39, 0.29) is 0 Å². The number of halogens is 6.